The van der Waals surface area contributed by atoms with Gasteiger partial charge in [0.2, 0.25) is 0 Å². The molecular weight excluding hydrogens is 228 g/mol. The Morgan fingerprint density at radius 1 is 1.50 bits per heavy atom. The molecule has 0 spiro atoms. The summed E-state index contributed by atoms with van der Waals surface area (Å²) in [6.45, 7) is 4.69. The van der Waals surface area contributed by atoms with Gasteiger partial charge in [-0.1, -0.05) is 16.8 Å². The molecule has 5 nitrogen and oxygen atoms in total. The second-order valence-electron chi connectivity index (χ2n) is 3.63. The molecule has 0 aliphatic carbocycles. The molecule has 2 heterocycles. The molecule has 0 aliphatic heterocycles. The Hall–Kier alpha value is -1.33. The molecule has 0 saturated carbocycles. The highest BCUT2D eigenvalue weighted by Crippen LogP contribution is 2.19. The fraction of sp³-hybridized carbons (Fsp3) is 0.400. The summed E-state index contributed by atoms with van der Waals surface area (Å²) in [7, 11) is 0. The van der Waals surface area contributed by atoms with Gasteiger partial charge in [-0.25, -0.2) is 0 Å². The first-order valence-electron chi connectivity index (χ1n) is 4.96. The number of aromatic nitrogens is 3. The van der Waals surface area contributed by atoms with Crippen molar-refractivity contribution in [3.05, 3.63) is 33.9 Å². The average Bonchev–Trinajstić information content (AvgIpc) is 2.81. The molecule has 0 atom stereocenters. The molecule has 0 fully saturated rings. The maximum Gasteiger partial charge on any atom is 0.158 e. The van der Waals surface area contributed by atoms with E-state index >= 15 is 0 Å². The molecule has 2 aromatic heterocycles. The van der Waals surface area contributed by atoms with Crippen LogP contribution in [0.15, 0.2) is 10.6 Å². The lowest BCUT2D eigenvalue weighted by molar-refractivity contribution is 0.365. The van der Waals surface area contributed by atoms with Gasteiger partial charge in [0.1, 0.15) is 6.54 Å². The highest BCUT2D eigenvalue weighted by molar-refractivity contribution is 6.31. The van der Waals surface area contributed by atoms with Gasteiger partial charge in [0.05, 0.1) is 22.1 Å². The monoisotopic (exact) mass is 240 g/mol. The van der Waals surface area contributed by atoms with E-state index in [1.807, 2.05) is 19.9 Å². The second-order valence-corrected chi connectivity index (χ2v) is 4.01. The number of nitrogens with two attached hydrogens (primary N) is 1. The van der Waals surface area contributed by atoms with Crippen LogP contribution >= 0.6 is 11.6 Å². The largest absolute Gasteiger partial charge is 0.359 e. The van der Waals surface area contributed by atoms with Gasteiger partial charge in [-0.3, -0.25) is 4.68 Å². The highest BCUT2D eigenvalue weighted by Gasteiger charge is 2.11. The van der Waals surface area contributed by atoms with Crippen molar-refractivity contribution in [2.45, 2.75) is 26.9 Å². The first-order chi connectivity index (χ1) is 7.61. The average molecular weight is 241 g/mol. The summed E-state index contributed by atoms with van der Waals surface area (Å²) in [5.41, 5.74) is 7.93. The molecular formula is C10H13ClN4O. The topological polar surface area (TPSA) is 69.9 Å². The number of nitrogens with zero attached hydrogens (tertiary/aromatic N) is 3. The normalized spacial score (nSPS) is 11.0. The molecule has 0 aromatic carbocycles. The van der Waals surface area contributed by atoms with E-state index in [-0.39, 0.29) is 0 Å². The summed E-state index contributed by atoms with van der Waals surface area (Å²) >= 11 is 6.05. The predicted octanol–water partition coefficient (Wildman–Crippen LogP) is 1.65. The molecule has 2 aromatic rings. The lowest BCUT2D eigenvalue weighted by Gasteiger charge is -1.99. The van der Waals surface area contributed by atoms with Crippen molar-refractivity contribution in [2.24, 2.45) is 5.73 Å². The smallest absolute Gasteiger partial charge is 0.158 e. The van der Waals surface area contributed by atoms with Crippen LogP contribution in [0.25, 0.3) is 0 Å². The quantitative estimate of drug-likeness (QED) is 0.886. The summed E-state index contributed by atoms with van der Waals surface area (Å²) in [6.07, 6.45) is 0. The van der Waals surface area contributed by atoms with Crippen molar-refractivity contribution < 1.29 is 4.52 Å². The molecule has 0 aliphatic rings. The lowest BCUT2D eigenvalue weighted by Crippen LogP contribution is -2.03. The number of halogens is 1. The number of hydrogen-bond acceptors (Lipinski definition) is 4. The summed E-state index contributed by atoms with van der Waals surface area (Å²) in [4.78, 5) is 0. The van der Waals surface area contributed by atoms with Crippen molar-refractivity contribution in [3.8, 4) is 0 Å². The second kappa shape index (κ2) is 4.27. The summed E-state index contributed by atoms with van der Waals surface area (Å²) in [5.74, 6) is 0.725. The third-order valence-electron chi connectivity index (χ3n) is 2.42. The third kappa shape index (κ3) is 1.96. The minimum Gasteiger partial charge on any atom is -0.359 e. The maximum atomic E-state index is 6.05. The Kier molecular flexibility index (Phi) is 2.98. The third-order valence-corrected chi connectivity index (χ3v) is 2.96. The maximum absolute atomic E-state index is 6.05. The van der Waals surface area contributed by atoms with Crippen molar-refractivity contribution >= 4 is 11.6 Å². The van der Waals surface area contributed by atoms with Crippen LogP contribution in [0.4, 0.5) is 0 Å². The van der Waals surface area contributed by atoms with E-state index in [2.05, 4.69) is 10.3 Å². The van der Waals surface area contributed by atoms with E-state index < -0.39 is 0 Å². The van der Waals surface area contributed by atoms with E-state index in [0.717, 1.165) is 22.8 Å². The summed E-state index contributed by atoms with van der Waals surface area (Å²) in [6, 6.07) is 1.82. The van der Waals surface area contributed by atoms with Gasteiger partial charge in [0, 0.05) is 12.6 Å². The van der Waals surface area contributed by atoms with Gasteiger partial charge in [0.25, 0.3) is 0 Å². The molecule has 0 bridgehead atoms. The van der Waals surface area contributed by atoms with Crippen LogP contribution in [-0.4, -0.2) is 14.9 Å². The van der Waals surface area contributed by atoms with Crippen LogP contribution in [0, 0.1) is 13.8 Å². The molecule has 0 unspecified atom stereocenters. The molecule has 0 radical (unpaired) electrons. The number of hydrogen-bond donors (Lipinski definition) is 1. The van der Waals surface area contributed by atoms with Gasteiger partial charge >= 0.3 is 0 Å². The van der Waals surface area contributed by atoms with Gasteiger partial charge in [-0.05, 0) is 13.8 Å². The van der Waals surface area contributed by atoms with Gasteiger partial charge < -0.3 is 10.3 Å². The first-order valence-corrected chi connectivity index (χ1v) is 5.33. The lowest BCUT2D eigenvalue weighted by atomic mass is 10.3. The van der Waals surface area contributed by atoms with Crippen LogP contribution in [0.1, 0.15) is 22.8 Å². The van der Waals surface area contributed by atoms with Crippen LogP contribution in [0.2, 0.25) is 5.02 Å². The Bertz CT molecular complexity index is 503. The Morgan fingerprint density at radius 3 is 2.75 bits per heavy atom. The Morgan fingerprint density at radius 2 is 2.25 bits per heavy atom. The number of rotatable bonds is 3. The zero-order valence-electron chi connectivity index (χ0n) is 9.20. The summed E-state index contributed by atoms with van der Waals surface area (Å²) in [5, 5.41) is 8.81. The Balaban J connectivity index is 2.23. The predicted molar refractivity (Wildman–Crippen MR) is 60.2 cm³/mol. The molecule has 2 N–H and O–H groups in total. The fourth-order valence-electron chi connectivity index (χ4n) is 1.50. The molecule has 86 valence electrons. The van der Waals surface area contributed by atoms with Crippen molar-refractivity contribution in [3.63, 3.8) is 0 Å². The van der Waals surface area contributed by atoms with Gasteiger partial charge in [-0.15, -0.1) is 0 Å². The molecule has 16 heavy (non-hydrogen) atoms. The van der Waals surface area contributed by atoms with Crippen LogP contribution in [0.3, 0.4) is 0 Å². The zero-order valence-corrected chi connectivity index (χ0v) is 9.95. The van der Waals surface area contributed by atoms with Gasteiger partial charge in [-0.2, -0.15) is 5.10 Å². The van der Waals surface area contributed by atoms with E-state index in [4.69, 9.17) is 21.9 Å². The van der Waals surface area contributed by atoms with E-state index in [1.54, 1.807) is 4.68 Å². The minimum absolute atomic E-state index is 0.376. The molecule has 6 heteroatoms. The van der Waals surface area contributed by atoms with E-state index in [1.165, 1.54) is 0 Å². The number of aryl methyl sites for hydroxylation is 1. The van der Waals surface area contributed by atoms with E-state index in [9.17, 15) is 0 Å². The molecule has 2 rings (SSSR count). The Labute approximate surface area is 98.2 Å². The zero-order chi connectivity index (χ0) is 11.7. The van der Waals surface area contributed by atoms with Crippen LogP contribution in [0.5, 0.6) is 0 Å². The van der Waals surface area contributed by atoms with E-state index in [0.29, 0.717) is 18.1 Å². The first kappa shape index (κ1) is 11.2. The van der Waals surface area contributed by atoms with Crippen molar-refractivity contribution in [1.29, 1.82) is 0 Å². The van der Waals surface area contributed by atoms with Crippen molar-refractivity contribution in [1.82, 2.24) is 14.9 Å². The summed E-state index contributed by atoms with van der Waals surface area (Å²) < 4.78 is 6.92. The van der Waals surface area contributed by atoms with Crippen LogP contribution in [-0.2, 0) is 13.1 Å². The minimum atomic E-state index is 0.376. The molecule has 0 amide bonds. The molecule has 0 saturated heterocycles. The van der Waals surface area contributed by atoms with Crippen molar-refractivity contribution in [2.75, 3.05) is 0 Å². The highest BCUT2D eigenvalue weighted by atomic mass is 35.5. The van der Waals surface area contributed by atoms with Gasteiger partial charge in [0.15, 0.2) is 5.76 Å². The van der Waals surface area contributed by atoms with Crippen LogP contribution < -0.4 is 5.73 Å². The standard InChI is InChI=1S/C10H13ClN4O/c1-6-10(11)7(2)15(13-6)5-9-3-8(4-12)14-16-9/h3H,4-5,12H2,1-2H3. The SMILES string of the molecule is Cc1nn(Cc2cc(CN)no2)c(C)c1Cl. The fourth-order valence-corrected chi connectivity index (χ4v) is 1.64.